The van der Waals surface area contributed by atoms with Gasteiger partial charge < -0.3 is 5.32 Å². The molecule has 14 heavy (non-hydrogen) atoms. The van der Waals surface area contributed by atoms with Gasteiger partial charge in [-0.2, -0.15) is 0 Å². The normalized spacial score (nSPS) is 12.1. The summed E-state index contributed by atoms with van der Waals surface area (Å²) in [5, 5.41) is 5.34. The Bertz CT molecular complexity index is 307. The third-order valence-corrected chi connectivity index (χ3v) is 6.20. The van der Waals surface area contributed by atoms with Crippen molar-refractivity contribution < 1.29 is 0 Å². The smallest absolute Gasteiger partial charge is 0.0462 e. The number of hydrogen-bond donors (Lipinski definition) is 1. The van der Waals surface area contributed by atoms with Crippen molar-refractivity contribution in [1.29, 1.82) is 0 Å². The lowest BCUT2D eigenvalue weighted by Gasteiger charge is -2.23. The Labute approximate surface area is 107 Å². The van der Waals surface area contributed by atoms with Gasteiger partial charge >= 0.3 is 0 Å². The summed E-state index contributed by atoms with van der Waals surface area (Å²) < 4.78 is 2.37. The number of hydrogen-bond acceptors (Lipinski definition) is 2. The zero-order valence-electron chi connectivity index (χ0n) is 8.66. The molecule has 0 amide bonds. The molecule has 1 aromatic heterocycles. The lowest BCUT2D eigenvalue weighted by atomic mass is 9.87. The van der Waals surface area contributed by atoms with Crippen LogP contribution >= 0.6 is 43.2 Å². The van der Waals surface area contributed by atoms with Gasteiger partial charge in [-0.05, 0) is 51.9 Å². The zero-order valence-corrected chi connectivity index (χ0v) is 12.6. The van der Waals surface area contributed by atoms with Crippen molar-refractivity contribution in [2.45, 2.75) is 25.7 Å². The second-order valence-electron chi connectivity index (χ2n) is 3.96. The third kappa shape index (κ3) is 2.81. The number of thiophene rings is 1. The van der Waals surface area contributed by atoms with E-state index in [0.29, 0.717) is 0 Å². The van der Waals surface area contributed by atoms with Crippen molar-refractivity contribution in [3.05, 3.63) is 19.2 Å². The standard InChI is InChI=1S/C10H15Br2NS/c1-10(2,4-5-13-3)9-8(12)7(11)6-14-9/h6,13H,4-5H2,1-3H3. The maximum absolute atomic E-state index is 3.62. The lowest BCUT2D eigenvalue weighted by molar-refractivity contribution is 0.475. The van der Waals surface area contributed by atoms with Crippen molar-refractivity contribution in [3.63, 3.8) is 0 Å². The average molecular weight is 341 g/mol. The van der Waals surface area contributed by atoms with Crippen LogP contribution in [0, 0.1) is 0 Å². The molecule has 0 saturated heterocycles. The Morgan fingerprint density at radius 2 is 2.07 bits per heavy atom. The second-order valence-corrected chi connectivity index (χ2v) is 6.49. The van der Waals surface area contributed by atoms with Gasteiger partial charge in [-0.1, -0.05) is 13.8 Å². The molecule has 0 bridgehead atoms. The van der Waals surface area contributed by atoms with Crippen LogP contribution in [0.1, 0.15) is 25.1 Å². The quantitative estimate of drug-likeness (QED) is 0.867. The van der Waals surface area contributed by atoms with Gasteiger partial charge in [-0.25, -0.2) is 0 Å². The molecule has 1 rings (SSSR count). The van der Waals surface area contributed by atoms with E-state index >= 15 is 0 Å². The summed E-state index contributed by atoms with van der Waals surface area (Å²) in [5.74, 6) is 0. The van der Waals surface area contributed by atoms with Crippen LogP contribution in [0.15, 0.2) is 14.3 Å². The van der Waals surface area contributed by atoms with Gasteiger partial charge in [0.2, 0.25) is 0 Å². The van der Waals surface area contributed by atoms with E-state index < -0.39 is 0 Å². The number of nitrogens with one attached hydrogen (secondary N) is 1. The Hall–Kier alpha value is 0.620. The van der Waals surface area contributed by atoms with Gasteiger partial charge in [-0.15, -0.1) is 11.3 Å². The molecular weight excluding hydrogens is 326 g/mol. The summed E-state index contributed by atoms with van der Waals surface area (Å²) in [7, 11) is 2.00. The first-order valence-corrected chi connectivity index (χ1v) is 7.03. The fourth-order valence-corrected chi connectivity index (χ4v) is 4.00. The molecule has 0 aliphatic rings. The van der Waals surface area contributed by atoms with E-state index in [4.69, 9.17) is 0 Å². The van der Waals surface area contributed by atoms with Crippen LogP contribution < -0.4 is 5.32 Å². The molecular formula is C10H15Br2NS. The van der Waals surface area contributed by atoms with Crippen molar-refractivity contribution in [2.24, 2.45) is 0 Å². The first-order chi connectivity index (χ1) is 6.49. The van der Waals surface area contributed by atoms with Crippen molar-refractivity contribution in [1.82, 2.24) is 5.32 Å². The van der Waals surface area contributed by atoms with Crippen LogP contribution in [0.4, 0.5) is 0 Å². The van der Waals surface area contributed by atoms with E-state index in [0.717, 1.165) is 17.4 Å². The van der Waals surface area contributed by atoms with E-state index in [-0.39, 0.29) is 5.41 Å². The lowest BCUT2D eigenvalue weighted by Crippen LogP contribution is -2.22. The summed E-state index contributed by atoms with van der Waals surface area (Å²) in [6.07, 6.45) is 1.15. The third-order valence-electron chi connectivity index (χ3n) is 2.30. The van der Waals surface area contributed by atoms with Crippen LogP contribution in [-0.2, 0) is 5.41 Å². The SMILES string of the molecule is CNCCC(C)(C)c1scc(Br)c1Br. The molecule has 0 fully saturated rings. The first kappa shape index (κ1) is 12.7. The predicted octanol–water partition coefficient (Wildman–Crippen LogP) is 4.16. The Balaban J connectivity index is 2.86. The van der Waals surface area contributed by atoms with Crippen molar-refractivity contribution in [2.75, 3.05) is 13.6 Å². The fourth-order valence-electron chi connectivity index (χ4n) is 1.33. The summed E-state index contributed by atoms with van der Waals surface area (Å²) in [5.41, 5.74) is 0.235. The minimum atomic E-state index is 0.235. The molecule has 1 heterocycles. The Kier molecular flexibility index (Phi) is 4.62. The minimum absolute atomic E-state index is 0.235. The Morgan fingerprint density at radius 3 is 2.50 bits per heavy atom. The highest BCUT2D eigenvalue weighted by Crippen LogP contribution is 2.41. The van der Waals surface area contributed by atoms with E-state index in [2.05, 4.69) is 56.4 Å². The molecule has 0 aliphatic heterocycles. The average Bonchev–Trinajstić information content (AvgIpc) is 2.45. The van der Waals surface area contributed by atoms with Crippen LogP contribution in [0.2, 0.25) is 0 Å². The van der Waals surface area contributed by atoms with Gasteiger partial charge in [0.25, 0.3) is 0 Å². The molecule has 0 radical (unpaired) electrons. The Morgan fingerprint density at radius 1 is 1.43 bits per heavy atom. The van der Waals surface area contributed by atoms with E-state index in [1.54, 1.807) is 0 Å². The van der Waals surface area contributed by atoms with E-state index in [9.17, 15) is 0 Å². The molecule has 0 aromatic carbocycles. The zero-order chi connectivity index (χ0) is 10.8. The molecule has 1 nitrogen and oxygen atoms in total. The van der Waals surface area contributed by atoms with Gasteiger partial charge in [0, 0.05) is 24.6 Å². The van der Waals surface area contributed by atoms with Crippen molar-refractivity contribution >= 4 is 43.2 Å². The van der Waals surface area contributed by atoms with Crippen molar-refractivity contribution in [3.8, 4) is 0 Å². The predicted molar refractivity (Wildman–Crippen MR) is 71.3 cm³/mol. The maximum Gasteiger partial charge on any atom is 0.0462 e. The molecule has 4 heteroatoms. The van der Waals surface area contributed by atoms with Crippen LogP contribution in [0.5, 0.6) is 0 Å². The molecule has 0 unspecified atom stereocenters. The van der Waals surface area contributed by atoms with Gasteiger partial charge in [0.1, 0.15) is 0 Å². The summed E-state index contributed by atoms with van der Waals surface area (Å²) >= 11 is 8.96. The monoisotopic (exact) mass is 339 g/mol. The maximum atomic E-state index is 3.62. The molecule has 0 atom stereocenters. The number of rotatable bonds is 4. The summed E-state index contributed by atoms with van der Waals surface area (Å²) in [6.45, 7) is 5.62. The van der Waals surface area contributed by atoms with E-state index in [1.165, 1.54) is 9.35 Å². The van der Waals surface area contributed by atoms with Gasteiger partial charge in [0.15, 0.2) is 0 Å². The molecule has 0 spiro atoms. The molecule has 0 aliphatic carbocycles. The molecule has 1 aromatic rings. The van der Waals surface area contributed by atoms with Crippen LogP contribution in [0.25, 0.3) is 0 Å². The highest BCUT2D eigenvalue weighted by Gasteiger charge is 2.25. The van der Waals surface area contributed by atoms with Crippen LogP contribution in [-0.4, -0.2) is 13.6 Å². The first-order valence-electron chi connectivity index (χ1n) is 4.56. The summed E-state index contributed by atoms with van der Waals surface area (Å²) in [4.78, 5) is 1.42. The van der Waals surface area contributed by atoms with Gasteiger partial charge in [0.05, 0.1) is 0 Å². The highest BCUT2D eigenvalue weighted by molar-refractivity contribution is 9.13. The molecule has 0 saturated carbocycles. The molecule has 80 valence electrons. The molecule has 1 N–H and O–H groups in total. The number of halogens is 2. The topological polar surface area (TPSA) is 12.0 Å². The summed E-state index contributed by atoms with van der Waals surface area (Å²) in [6, 6.07) is 0. The largest absolute Gasteiger partial charge is 0.320 e. The minimum Gasteiger partial charge on any atom is -0.320 e. The second kappa shape index (κ2) is 5.10. The highest BCUT2D eigenvalue weighted by atomic mass is 79.9. The fraction of sp³-hybridized carbons (Fsp3) is 0.600. The van der Waals surface area contributed by atoms with Crippen LogP contribution in [0.3, 0.4) is 0 Å². The van der Waals surface area contributed by atoms with E-state index in [1.807, 2.05) is 18.4 Å². The van der Waals surface area contributed by atoms with Gasteiger partial charge in [-0.3, -0.25) is 0 Å².